The Morgan fingerprint density at radius 3 is 2.47 bits per heavy atom. The van der Waals surface area contributed by atoms with Gasteiger partial charge >= 0.3 is 0 Å². The zero-order valence-corrected chi connectivity index (χ0v) is 10.6. The molecule has 0 atom stereocenters. The number of nitrogen functional groups attached to an aromatic ring is 1. The number of rotatable bonds is 2. The predicted molar refractivity (Wildman–Crippen MR) is 66.6 cm³/mol. The van der Waals surface area contributed by atoms with Gasteiger partial charge in [-0.25, -0.2) is 4.39 Å². The van der Waals surface area contributed by atoms with Crippen molar-refractivity contribution in [3.63, 3.8) is 0 Å². The average Bonchev–Trinajstić information content (AvgIpc) is 2.93. The first-order valence-corrected chi connectivity index (χ1v) is 5.81. The van der Waals surface area contributed by atoms with Crippen LogP contribution in [0.1, 0.15) is 19.4 Å². The van der Waals surface area contributed by atoms with E-state index in [9.17, 15) is 4.39 Å². The highest BCUT2D eigenvalue weighted by Gasteiger charge is 2.28. The van der Waals surface area contributed by atoms with E-state index in [1.54, 1.807) is 18.2 Å². The molecule has 0 unspecified atom stereocenters. The number of aromatic nitrogens is 1. The fourth-order valence-corrected chi connectivity index (χ4v) is 2.06. The molecule has 5 nitrogen and oxygen atoms in total. The highest BCUT2D eigenvalue weighted by Crippen LogP contribution is 2.43. The molecule has 100 valence electrons. The average molecular weight is 264 g/mol. The SMILES string of the molecule is CC(C)(F)c1cc2c(cc1-c1cc(N)on1)OCO2. The third-order valence-corrected chi connectivity index (χ3v) is 2.96. The molecule has 0 fully saturated rings. The zero-order valence-electron chi connectivity index (χ0n) is 10.6. The van der Waals surface area contributed by atoms with Crippen LogP contribution in [-0.2, 0) is 5.67 Å². The van der Waals surface area contributed by atoms with Crippen LogP contribution in [0.2, 0.25) is 0 Å². The quantitative estimate of drug-likeness (QED) is 0.903. The van der Waals surface area contributed by atoms with Gasteiger partial charge in [-0.15, -0.1) is 0 Å². The minimum atomic E-state index is -1.55. The van der Waals surface area contributed by atoms with Crippen molar-refractivity contribution in [3.8, 4) is 22.8 Å². The van der Waals surface area contributed by atoms with Crippen LogP contribution in [-0.4, -0.2) is 11.9 Å². The third-order valence-electron chi connectivity index (χ3n) is 2.96. The topological polar surface area (TPSA) is 70.5 Å². The van der Waals surface area contributed by atoms with Crippen LogP contribution in [0, 0.1) is 0 Å². The van der Waals surface area contributed by atoms with E-state index in [4.69, 9.17) is 19.7 Å². The normalized spacial score (nSPS) is 13.8. The Kier molecular flexibility index (Phi) is 2.41. The number of benzene rings is 1. The maximum absolute atomic E-state index is 14.4. The lowest BCUT2D eigenvalue weighted by atomic mass is 9.92. The Morgan fingerprint density at radius 1 is 1.21 bits per heavy atom. The molecule has 6 heteroatoms. The second-order valence-corrected chi connectivity index (χ2v) is 4.84. The maximum atomic E-state index is 14.4. The molecule has 1 aliphatic rings. The lowest BCUT2D eigenvalue weighted by Gasteiger charge is -2.18. The molecular formula is C13H13FN2O3. The monoisotopic (exact) mass is 264 g/mol. The third kappa shape index (κ3) is 1.99. The molecule has 0 radical (unpaired) electrons. The highest BCUT2D eigenvalue weighted by molar-refractivity contribution is 5.71. The van der Waals surface area contributed by atoms with Crippen molar-refractivity contribution >= 4 is 5.88 Å². The summed E-state index contributed by atoms with van der Waals surface area (Å²) in [5.74, 6) is 1.26. The van der Waals surface area contributed by atoms with Gasteiger partial charge in [-0.1, -0.05) is 5.16 Å². The molecule has 0 saturated carbocycles. The van der Waals surface area contributed by atoms with E-state index in [-0.39, 0.29) is 12.7 Å². The molecule has 1 aliphatic heterocycles. The van der Waals surface area contributed by atoms with Gasteiger partial charge in [-0.2, -0.15) is 0 Å². The van der Waals surface area contributed by atoms with Crippen LogP contribution in [0.25, 0.3) is 11.3 Å². The van der Waals surface area contributed by atoms with Crippen LogP contribution < -0.4 is 15.2 Å². The van der Waals surface area contributed by atoms with Crippen LogP contribution >= 0.6 is 0 Å². The zero-order chi connectivity index (χ0) is 13.6. The highest BCUT2D eigenvalue weighted by atomic mass is 19.1. The van der Waals surface area contributed by atoms with E-state index >= 15 is 0 Å². The fraction of sp³-hybridized carbons (Fsp3) is 0.308. The maximum Gasteiger partial charge on any atom is 0.231 e. The summed E-state index contributed by atoms with van der Waals surface area (Å²) in [5, 5.41) is 3.82. The van der Waals surface area contributed by atoms with E-state index < -0.39 is 5.67 Å². The Morgan fingerprint density at radius 2 is 1.89 bits per heavy atom. The van der Waals surface area contributed by atoms with Crippen molar-refractivity contribution in [1.29, 1.82) is 0 Å². The van der Waals surface area contributed by atoms with Crippen molar-refractivity contribution < 1.29 is 18.4 Å². The van der Waals surface area contributed by atoms with Gasteiger partial charge in [0, 0.05) is 17.2 Å². The summed E-state index contributed by atoms with van der Waals surface area (Å²) in [4.78, 5) is 0. The summed E-state index contributed by atoms with van der Waals surface area (Å²) < 4.78 is 29.8. The molecule has 2 aromatic rings. The number of hydrogen-bond acceptors (Lipinski definition) is 5. The Hall–Kier alpha value is -2.24. The molecule has 2 N–H and O–H groups in total. The standard InChI is InChI=1S/C13H13FN2O3/c1-13(2,14)8-4-11-10(17-6-18-11)3-7(8)9-5-12(15)19-16-9/h3-5H,6,15H2,1-2H3. The lowest BCUT2D eigenvalue weighted by molar-refractivity contribution is 0.173. The molecule has 2 heterocycles. The van der Waals surface area contributed by atoms with Gasteiger partial charge in [0.05, 0.1) is 0 Å². The van der Waals surface area contributed by atoms with E-state index in [1.165, 1.54) is 13.8 Å². The number of ether oxygens (including phenoxy) is 2. The van der Waals surface area contributed by atoms with Gasteiger partial charge in [-0.05, 0) is 26.0 Å². The van der Waals surface area contributed by atoms with E-state index in [0.717, 1.165) is 0 Å². The first-order valence-electron chi connectivity index (χ1n) is 5.81. The second-order valence-electron chi connectivity index (χ2n) is 4.84. The predicted octanol–water partition coefficient (Wildman–Crippen LogP) is 2.86. The lowest BCUT2D eigenvalue weighted by Crippen LogP contribution is -2.11. The van der Waals surface area contributed by atoms with Gasteiger partial charge in [0.2, 0.25) is 12.7 Å². The molecule has 1 aromatic carbocycles. The number of hydrogen-bond donors (Lipinski definition) is 1. The summed E-state index contributed by atoms with van der Waals surface area (Å²) in [6.07, 6.45) is 0. The van der Waals surface area contributed by atoms with Crippen molar-refractivity contribution in [2.75, 3.05) is 12.5 Å². The first-order chi connectivity index (χ1) is 8.95. The molecule has 1 aromatic heterocycles. The van der Waals surface area contributed by atoms with Crippen molar-refractivity contribution in [3.05, 3.63) is 23.8 Å². The van der Waals surface area contributed by atoms with Crippen LogP contribution in [0.4, 0.5) is 10.3 Å². The number of alkyl halides is 1. The Bertz CT molecular complexity index is 631. The Labute approximate surface area is 109 Å². The van der Waals surface area contributed by atoms with Gasteiger partial charge in [0.1, 0.15) is 11.4 Å². The van der Waals surface area contributed by atoms with Gasteiger partial charge in [-0.3, -0.25) is 0 Å². The van der Waals surface area contributed by atoms with Gasteiger partial charge < -0.3 is 19.7 Å². The van der Waals surface area contributed by atoms with Crippen LogP contribution in [0.5, 0.6) is 11.5 Å². The summed E-state index contributed by atoms with van der Waals surface area (Å²) in [7, 11) is 0. The van der Waals surface area contributed by atoms with E-state index in [0.29, 0.717) is 28.3 Å². The Balaban J connectivity index is 2.22. The fourth-order valence-electron chi connectivity index (χ4n) is 2.06. The number of anilines is 1. The van der Waals surface area contributed by atoms with Crippen molar-refractivity contribution in [2.45, 2.75) is 19.5 Å². The van der Waals surface area contributed by atoms with Crippen molar-refractivity contribution in [1.82, 2.24) is 5.16 Å². The van der Waals surface area contributed by atoms with Crippen LogP contribution in [0.15, 0.2) is 22.7 Å². The van der Waals surface area contributed by atoms with Crippen LogP contribution in [0.3, 0.4) is 0 Å². The van der Waals surface area contributed by atoms with Gasteiger partial charge in [0.25, 0.3) is 0 Å². The molecule has 0 saturated heterocycles. The molecule has 0 bridgehead atoms. The minimum absolute atomic E-state index is 0.131. The summed E-state index contributed by atoms with van der Waals surface area (Å²) in [6.45, 7) is 3.07. The number of nitrogens with two attached hydrogens (primary N) is 1. The van der Waals surface area contributed by atoms with E-state index in [1.807, 2.05) is 0 Å². The molecule has 19 heavy (non-hydrogen) atoms. The first kappa shape index (κ1) is 11.8. The number of nitrogens with zero attached hydrogens (tertiary/aromatic N) is 1. The number of halogens is 1. The largest absolute Gasteiger partial charge is 0.454 e. The van der Waals surface area contributed by atoms with E-state index in [2.05, 4.69) is 5.16 Å². The molecular weight excluding hydrogens is 251 g/mol. The summed E-state index contributed by atoms with van der Waals surface area (Å²) >= 11 is 0. The summed E-state index contributed by atoms with van der Waals surface area (Å²) in [6, 6.07) is 4.87. The minimum Gasteiger partial charge on any atom is -0.454 e. The molecule has 0 aliphatic carbocycles. The second kappa shape index (κ2) is 3.88. The smallest absolute Gasteiger partial charge is 0.231 e. The van der Waals surface area contributed by atoms with Gasteiger partial charge in [0.15, 0.2) is 11.5 Å². The molecule has 3 rings (SSSR count). The number of fused-ring (bicyclic) bond motifs is 1. The molecule has 0 spiro atoms. The molecule has 0 amide bonds. The van der Waals surface area contributed by atoms with Crippen molar-refractivity contribution in [2.24, 2.45) is 0 Å². The summed E-state index contributed by atoms with van der Waals surface area (Å²) in [5.41, 5.74) is 5.46.